The van der Waals surface area contributed by atoms with E-state index in [0.29, 0.717) is 16.8 Å². The third-order valence-electron chi connectivity index (χ3n) is 12.4. The molecular formula is C64H43N. The zero-order valence-corrected chi connectivity index (χ0v) is 35.2. The predicted molar refractivity (Wildman–Crippen MR) is 278 cm³/mol. The molecule has 65 heavy (non-hydrogen) atoms. The molecule has 1 heteroatoms. The molecule has 0 radical (unpaired) electrons. The van der Waals surface area contributed by atoms with Crippen molar-refractivity contribution in [3.05, 3.63) is 261 Å². The van der Waals surface area contributed by atoms with Crippen LogP contribution >= 0.6 is 0 Å². The van der Waals surface area contributed by atoms with E-state index < -0.39 is 24.2 Å². The van der Waals surface area contributed by atoms with Gasteiger partial charge in [-0.3, -0.25) is 0 Å². The number of benzene rings is 12. The van der Waals surface area contributed by atoms with Crippen LogP contribution in [0.4, 0.5) is 17.1 Å². The molecular weight excluding hydrogens is 783 g/mol. The Morgan fingerprint density at radius 1 is 0.246 bits per heavy atom. The van der Waals surface area contributed by atoms with Crippen molar-refractivity contribution in [3.8, 4) is 55.6 Å². The zero-order valence-electron chi connectivity index (χ0n) is 43.2. The first-order valence-electron chi connectivity index (χ1n) is 25.8. The van der Waals surface area contributed by atoms with E-state index in [1.165, 1.54) is 4.90 Å². The number of anilines is 3. The van der Waals surface area contributed by atoms with Crippen LogP contribution < -0.4 is 4.90 Å². The molecule has 0 N–H and O–H groups in total. The fraction of sp³-hybridized carbons (Fsp3) is 0. The second-order valence-electron chi connectivity index (χ2n) is 16.2. The lowest BCUT2D eigenvalue weighted by atomic mass is 9.90. The first-order valence-corrected chi connectivity index (χ1v) is 21.8. The molecule has 12 aromatic carbocycles. The molecule has 0 saturated carbocycles. The van der Waals surface area contributed by atoms with Gasteiger partial charge in [-0.15, -0.1) is 0 Å². The maximum atomic E-state index is 9.81. The molecule has 0 aromatic heterocycles. The van der Waals surface area contributed by atoms with Gasteiger partial charge in [0.15, 0.2) is 0 Å². The van der Waals surface area contributed by atoms with Crippen LogP contribution in [0.15, 0.2) is 261 Å². The summed E-state index contributed by atoms with van der Waals surface area (Å²) >= 11 is 0. The van der Waals surface area contributed by atoms with Crippen LogP contribution in [0.2, 0.25) is 0 Å². The van der Waals surface area contributed by atoms with Crippen LogP contribution in [-0.2, 0) is 0 Å². The first-order chi connectivity index (χ1) is 35.6. The summed E-state index contributed by atoms with van der Waals surface area (Å²) in [6.45, 7) is 0. The van der Waals surface area contributed by atoms with Crippen LogP contribution in [0.5, 0.6) is 0 Å². The van der Waals surface area contributed by atoms with Crippen molar-refractivity contribution >= 4 is 60.2 Å². The summed E-state index contributed by atoms with van der Waals surface area (Å²) in [4.78, 5) is 1.37. The van der Waals surface area contributed by atoms with E-state index in [1.54, 1.807) is 24.3 Å². The van der Waals surface area contributed by atoms with E-state index in [9.17, 15) is 11.0 Å². The summed E-state index contributed by atoms with van der Waals surface area (Å²) < 4.78 is 77.6. The molecule has 0 unspecified atom stereocenters. The fourth-order valence-corrected chi connectivity index (χ4v) is 9.16. The average Bonchev–Trinajstić information content (AvgIpc) is 3.44. The van der Waals surface area contributed by atoms with Crippen LogP contribution in [0, 0.1) is 0 Å². The molecule has 0 bridgehead atoms. The highest BCUT2D eigenvalue weighted by atomic mass is 15.1. The maximum Gasteiger partial charge on any atom is 0.0645 e. The van der Waals surface area contributed by atoms with Crippen LogP contribution in [-0.4, -0.2) is 0 Å². The molecule has 12 rings (SSSR count). The van der Waals surface area contributed by atoms with Crippen molar-refractivity contribution in [3.63, 3.8) is 0 Å². The normalized spacial score (nSPS) is 13.1. The van der Waals surface area contributed by atoms with Gasteiger partial charge in [-0.05, 0) is 147 Å². The van der Waals surface area contributed by atoms with Gasteiger partial charge in [-0.25, -0.2) is 0 Å². The molecule has 0 aliphatic heterocycles. The van der Waals surface area contributed by atoms with Gasteiger partial charge in [-0.1, -0.05) is 212 Å². The highest BCUT2D eigenvalue weighted by Crippen LogP contribution is 2.42. The van der Waals surface area contributed by atoms with Crippen molar-refractivity contribution in [1.29, 1.82) is 0 Å². The van der Waals surface area contributed by atoms with Gasteiger partial charge >= 0.3 is 0 Å². The number of hydrogen-bond donors (Lipinski definition) is 0. The van der Waals surface area contributed by atoms with E-state index in [2.05, 4.69) is 66.7 Å². The minimum atomic E-state index is -0.402. The summed E-state index contributed by atoms with van der Waals surface area (Å²) in [7, 11) is 0. The smallest absolute Gasteiger partial charge is 0.0645 e. The Bertz CT molecular complexity index is 4120. The van der Waals surface area contributed by atoms with E-state index in [-0.39, 0.29) is 46.7 Å². The van der Waals surface area contributed by atoms with Gasteiger partial charge in [0, 0.05) is 17.1 Å². The monoisotopic (exact) mass is 833 g/mol. The lowest BCUT2D eigenvalue weighted by molar-refractivity contribution is 1.28. The summed E-state index contributed by atoms with van der Waals surface area (Å²) in [5, 5.41) is 7.95. The molecule has 0 amide bonds. The SMILES string of the molecule is [2H]c1c([2H])c(N(c2ccc(-c3ccc4ccccc4c3-c3ccccc3)cc2)c2c([2H])c([2H])c(-c3cc4ccccc4c4ccccc34)c([2H])c2[2H])c([2H])c([2H])c1-c1ccc(-c2ccc3ccccc3c2)cc1. The molecule has 0 saturated heterocycles. The molecule has 12 aromatic rings. The van der Waals surface area contributed by atoms with Crippen molar-refractivity contribution in [2.45, 2.75) is 0 Å². The Balaban J connectivity index is 1.04. The standard InChI is InChI=1S/C64H43N/c1-2-14-51(15-3-1)64-59-19-9-6-13-48(59)34-41-60(64)49-30-37-56(38-31-49)65(57-39-32-50(33-40-57)63-43-54-17-7-8-18-58(54)61-20-10-11-21-62(61)63)55-35-28-46(29-36-55)45-22-24-47(25-23-45)53-27-26-44-12-4-5-16-52(44)42-53/h1-43H/i28D,29D,32D,33D,35D,36D,39D,40D. The molecule has 0 aliphatic carbocycles. The van der Waals surface area contributed by atoms with Crippen LogP contribution in [0.3, 0.4) is 0 Å². The lowest BCUT2D eigenvalue weighted by Crippen LogP contribution is -2.09. The van der Waals surface area contributed by atoms with Gasteiger partial charge in [0.05, 0.1) is 11.0 Å². The Labute approximate surface area is 391 Å². The Morgan fingerprint density at radius 3 is 1.46 bits per heavy atom. The molecule has 0 aliphatic rings. The topological polar surface area (TPSA) is 3.24 Å². The lowest BCUT2D eigenvalue weighted by Gasteiger charge is -2.26. The zero-order chi connectivity index (χ0) is 50.1. The molecule has 1 nitrogen and oxygen atoms in total. The number of rotatable bonds is 8. The Kier molecular flexibility index (Phi) is 7.66. The fourth-order valence-electron chi connectivity index (χ4n) is 9.16. The summed E-state index contributed by atoms with van der Waals surface area (Å²) in [5.41, 5.74) is 6.97. The number of hydrogen-bond acceptors (Lipinski definition) is 1. The van der Waals surface area contributed by atoms with Crippen molar-refractivity contribution in [1.82, 2.24) is 0 Å². The van der Waals surface area contributed by atoms with E-state index in [1.807, 2.05) is 121 Å². The minimum Gasteiger partial charge on any atom is -0.311 e. The van der Waals surface area contributed by atoms with Crippen LogP contribution in [0.25, 0.3) is 98.7 Å². The predicted octanol–water partition coefficient (Wildman–Crippen LogP) is 18.1. The summed E-state index contributed by atoms with van der Waals surface area (Å²) in [6.07, 6.45) is 0. The number of nitrogens with zero attached hydrogens (tertiary/aromatic N) is 1. The molecule has 304 valence electrons. The Morgan fingerprint density at radius 2 is 0.754 bits per heavy atom. The minimum absolute atomic E-state index is 0.0990. The largest absolute Gasteiger partial charge is 0.311 e. The van der Waals surface area contributed by atoms with Crippen molar-refractivity contribution < 1.29 is 11.0 Å². The molecule has 0 spiro atoms. The second-order valence-corrected chi connectivity index (χ2v) is 16.2. The van der Waals surface area contributed by atoms with Gasteiger partial charge in [0.25, 0.3) is 0 Å². The third-order valence-corrected chi connectivity index (χ3v) is 12.4. The highest BCUT2D eigenvalue weighted by molar-refractivity contribution is 6.14. The van der Waals surface area contributed by atoms with Crippen LogP contribution in [0.1, 0.15) is 11.0 Å². The maximum absolute atomic E-state index is 9.81. The van der Waals surface area contributed by atoms with Gasteiger partial charge < -0.3 is 4.90 Å². The van der Waals surface area contributed by atoms with E-state index in [4.69, 9.17) is 0 Å². The van der Waals surface area contributed by atoms with Gasteiger partial charge in [0.1, 0.15) is 0 Å². The third kappa shape index (κ3) is 7.10. The molecule has 0 heterocycles. The van der Waals surface area contributed by atoms with E-state index >= 15 is 0 Å². The molecule has 0 fully saturated rings. The second kappa shape index (κ2) is 16.3. The summed E-state index contributed by atoms with van der Waals surface area (Å²) in [5.74, 6) is 0. The van der Waals surface area contributed by atoms with Gasteiger partial charge in [0.2, 0.25) is 0 Å². The van der Waals surface area contributed by atoms with Crippen molar-refractivity contribution in [2.75, 3.05) is 4.90 Å². The number of fused-ring (bicyclic) bond motifs is 5. The van der Waals surface area contributed by atoms with E-state index in [0.717, 1.165) is 76.5 Å². The average molecular weight is 834 g/mol. The Hall–Kier alpha value is -8.52. The highest BCUT2D eigenvalue weighted by Gasteiger charge is 2.17. The first kappa shape index (κ1) is 30.5. The van der Waals surface area contributed by atoms with Gasteiger partial charge in [-0.2, -0.15) is 0 Å². The quantitative estimate of drug-likeness (QED) is 0.138. The van der Waals surface area contributed by atoms with Crippen molar-refractivity contribution in [2.24, 2.45) is 0 Å². The summed E-state index contributed by atoms with van der Waals surface area (Å²) in [6, 6.07) is 66.5. The molecule has 0 atom stereocenters.